The van der Waals surface area contributed by atoms with E-state index in [4.69, 9.17) is 21.3 Å². The fourth-order valence-corrected chi connectivity index (χ4v) is 3.29. The van der Waals surface area contributed by atoms with Crippen LogP contribution in [-0.4, -0.2) is 76.4 Å². The van der Waals surface area contributed by atoms with Gasteiger partial charge in [0.2, 0.25) is 0 Å². The summed E-state index contributed by atoms with van der Waals surface area (Å²) in [5, 5.41) is 12.4. The van der Waals surface area contributed by atoms with Crippen LogP contribution < -0.4 is 10.1 Å². The van der Waals surface area contributed by atoms with Crippen LogP contribution in [-0.2, 0) is 13.6 Å². The molecule has 0 amide bonds. The first kappa shape index (κ1) is 24.7. The van der Waals surface area contributed by atoms with E-state index in [1.54, 1.807) is 0 Å². The topological polar surface area (TPSA) is 70.8 Å². The van der Waals surface area contributed by atoms with Gasteiger partial charge in [-0.3, -0.25) is 4.90 Å². The number of piperazine rings is 1. The van der Waals surface area contributed by atoms with Crippen molar-refractivity contribution in [2.75, 3.05) is 45.9 Å². The number of halogens is 2. The van der Waals surface area contributed by atoms with E-state index in [1.807, 2.05) is 42.8 Å². The number of nitrogens with one attached hydrogen (secondary N) is 1. The van der Waals surface area contributed by atoms with E-state index in [0.717, 1.165) is 67.6 Å². The number of aliphatic imine (C=N–C) groups is 1. The van der Waals surface area contributed by atoms with Gasteiger partial charge in [0, 0.05) is 51.3 Å². The molecule has 0 saturated carbocycles. The molecule has 0 aliphatic carbocycles. The molecule has 1 aromatic carbocycles. The first-order chi connectivity index (χ1) is 14.1. The predicted molar refractivity (Wildman–Crippen MR) is 131 cm³/mol. The van der Waals surface area contributed by atoms with Crippen molar-refractivity contribution in [1.29, 1.82) is 0 Å². The van der Waals surface area contributed by atoms with Gasteiger partial charge in [0.05, 0.1) is 0 Å². The molecule has 2 heterocycles. The van der Waals surface area contributed by atoms with Crippen LogP contribution in [0.25, 0.3) is 0 Å². The summed E-state index contributed by atoms with van der Waals surface area (Å²) in [6.07, 6.45) is 0. The molecule has 0 atom stereocenters. The Hall–Kier alpha value is -1.59. The van der Waals surface area contributed by atoms with Crippen LogP contribution in [0.1, 0.15) is 18.6 Å². The fourth-order valence-electron chi connectivity index (χ4n) is 3.17. The van der Waals surface area contributed by atoms with Gasteiger partial charge < -0.3 is 19.5 Å². The number of nitrogens with zero attached hydrogens (tertiary/aromatic N) is 6. The Labute approximate surface area is 200 Å². The van der Waals surface area contributed by atoms with Gasteiger partial charge in [-0.25, -0.2) is 4.99 Å². The van der Waals surface area contributed by atoms with Gasteiger partial charge >= 0.3 is 0 Å². The number of hydrogen-bond donors (Lipinski definition) is 1. The van der Waals surface area contributed by atoms with Crippen LogP contribution in [0.15, 0.2) is 29.3 Å². The molecular formula is C20H31ClIN7O. The SMILES string of the molecule is CCNC(=NCc1nnc(C)n1C)N1CCN(CCOc2ccc(Cl)cc2)CC1.I. The average molecular weight is 548 g/mol. The van der Waals surface area contributed by atoms with Crippen LogP contribution in [0, 0.1) is 6.92 Å². The van der Waals surface area contributed by atoms with E-state index in [-0.39, 0.29) is 24.0 Å². The number of rotatable bonds is 7. The molecule has 10 heteroatoms. The van der Waals surface area contributed by atoms with Crippen molar-refractivity contribution < 1.29 is 4.74 Å². The lowest BCUT2D eigenvalue weighted by molar-refractivity contribution is 0.152. The van der Waals surface area contributed by atoms with Gasteiger partial charge in [-0.1, -0.05) is 11.6 Å². The largest absolute Gasteiger partial charge is 0.492 e. The lowest BCUT2D eigenvalue weighted by Gasteiger charge is -2.36. The molecule has 0 spiro atoms. The van der Waals surface area contributed by atoms with Crippen LogP contribution in [0.4, 0.5) is 0 Å². The second-order valence-corrected chi connectivity index (χ2v) is 7.46. The monoisotopic (exact) mass is 547 g/mol. The molecule has 3 rings (SSSR count). The second-order valence-electron chi connectivity index (χ2n) is 7.02. The summed E-state index contributed by atoms with van der Waals surface area (Å²) in [5.74, 6) is 3.56. The van der Waals surface area contributed by atoms with Crippen molar-refractivity contribution in [1.82, 2.24) is 29.9 Å². The third kappa shape index (κ3) is 6.98. The zero-order valence-corrected chi connectivity index (χ0v) is 20.9. The quantitative estimate of drug-likeness (QED) is 0.326. The average Bonchev–Trinajstić information content (AvgIpc) is 3.05. The Bertz CT molecular complexity index is 804. The van der Waals surface area contributed by atoms with Crippen molar-refractivity contribution in [3.63, 3.8) is 0 Å². The highest BCUT2D eigenvalue weighted by molar-refractivity contribution is 14.0. The molecule has 0 bridgehead atoms. The third-order valence-corrected chi connectivity index (χ3v) is 5.30. The highest BCUT2D eigenvalue weighted by atomic mass is 127. The van der Waals surface area contributed by atoms with Crippen LogP contribution in [0.3, 0.4) is 0 Å². The molecule has 1 saturated heterocycles. The maximum atomic E-state index is 5.90. The van der Waals surface area contributed by atoms with E-state index < -0.39 is 0 Å². The van der Waals surface area contributed by atoms with Crippen LogP contribution in [0.5, 0.6) is 5.75 Å². The molecule has 2 aromatic rings. The normalized spacial score (nSPS) is 15.1. The standard InChI is InChI=1S/C20H30ClN7O.HI/c1-4-22-20(23-15-19-25-24-16(2)26(19)3)28-11-9-27(10-12-28)13-14-29-18-7-5-17(21)6-8-18;/h5-8H,4,9-15H2,1-3H3,(H,22,23);1H. The highest BCUT2D eigenvalue weighted by Gasteiger charge is 2.19. The summed E-state index contributed by atoms with van der Waals surface area (Å²) < 4.78 is 7.79. The Morgan fingerprint density at radius 3 is 2.47 bits per heavy atom. The minimum atomic E-state index is 0. The summed E-state index contributed by atoms with van der Waals surface area (Å²) >= 11 is 5.90. The van der Waals surface area contributed by atoms with Crippen LogP contribution >= 0.6 is 35.6 Å². The summed E-state index contributed by atoms with van der Waals surface area (Å²) in [6.45, 7) is 10.8. The second kappa shape index (κ2) is 12.3. The number of guanidine groups is 1. The van der Waals surface area contributed by atoms with Crippen molar-refractivity contribution >= 4 is 41.5 Å². The Kier molecular flexibility index (Phi) is 10.1. The molecule has 1 N–H and O–H groups in total. The lowest BCUT2D eigenvalue weighted by atomic mass is 10.3. The van der Waals surface area contributed by atoms with Gasteiger partial charge in [0.15, 0.2) is 11.8 Å². The summed E-state index contributed by atoms with van der Waals surface area (Å²) in [5.41, 5.74) is 0. The fraction of sp³-hybridized carbons (Fsp3) is 0.550. The van der Waals surface area contributed by atoms with Gasteiger partial charge in [0.1, 0.15) is 24.7 Å². The Morgan fingerprint density at radius 1 is 1.17 bits per heavy atom. The molecule has 166 valence electrons. The smallest absolute Gasteiger partial charge is 0.194 e. The molecule has 30 heavy (non-hydrogen) atoms. The van der Waals surface area contributed by atoms with Crippen molar-refractivity contribution in [2.24, 2.45) is 12.0 Å². The van der Waals surface area contributed by atoms with Crippen molar-refractivity contribution in [2.45, 2.75) is 20.4 Å². The van der Waals surface area contributed by atoms with Crippen molar-refractivity contribution in [3.05, 3.63) is 40.9 Å². The van der Waals surface area contributed by atoms with Gasteiger partial charge in [0.25, 0.3) is 0 Å². The third-order valence-electron chi connectivity index (χ3n) is 5.05. The Balaban J connectivity index is 0.00000320. The lowest BCUT2D eigenvalue weighted by Crippen LogP contribution is -2.53. The number of aromatic nitrogens is 3. The van der Waals surface area contributed by atoms with E-state index >= 15 is 0 Å². The van der Waals surface area contributed by atoms with E-state index in [0.29, 0.717) is 13.2 Å². The molecule has 1 aromatic heterocycles. The number of aryl methyl sites for hydroxylation is 1. The minimum Gasteiger partial charge on any atom is -0.492 e. The summed E-state index contributed by atoms with van der Waals surface area (Å²) in [7, 11) is 1.97. The van der Waals surface area contributed by atoms with Crippen molar-refractivity contribution in [3.8, 4) is 5.75 Å². The molecule has 0 unspecified atom stereocenters. The van der Waals surface area contributed by atoms with E-state index in [1.165, 1.54) is 0 Å². The maximum Gasteiger partial charge on any atom is 0.194 e. The van der Waals surface area contributed by atoms with Gasteiger partial charge in [-0.15, -0.1) is 34.2 Å². The molecule has 8 nitrogen and oxygen atoms in total. The predicted octanol–water partition coefficient (Wildman–Crippen LogP) is 2.56. The van der Waals surface area contributed by atoms with E-state index in [9.17, 15) is 0 Å². The Morgan fingerprint density at radius 2 is 1.87 bits per heavy atom. The number of hydrogen-bond acceptors (Lipinski definition) is 5. The van der Waals surface area contributed by atoms with Gasteiger partial charge in [-0.2, -0.15) is 0 Å². The maximum absolute atomic E-state index is 5.90. The number of ether oxygens (including phenoxy) is 1. The summed E-state index contributed by atoms with van der Waals surface area (Å²) in [4.78, 5) is 9.50. The highest BCUT2D eigenvalue weighted by Crippen LogP contribution is 2.15. The molecule has 1 fully saturated rings. The molecular weight excluding hydrogens is 517 g/mol. The molecule has 1 aliphatic heterocycles. The zero-order chi connectivity index (χ0) is 20.6. The first-order valence-electron chi connectivity index (χ1n) is 10.1. The first-order valence-corrected chi connectivity index (χ1v) is 10.4. The van der Waals surface area contributed by atoms with E-state index in [2.05, 4.69) is 32.2 Å². The molecule has 0 radical (unpaired) electrons. The minimum absolute atomic E-state index is 0. The zero-order valence-electron chi connectivity index (χ0n) is 17.8. The summed E-state index contributed by atoms with van der Waals surface area (Å²) in [6, 6.07) is 7.50. The van der Waals surface area contributed by atoms with Gasteiger partial charge in [-0.05, 0) is 38.1 Å². The van der Waals surface area contributed by atoms with Crippen LogP contribution in [0.2, 0.25) is 5.02 Å². The molecule has 1 aliphatic rings. The number of benzene rings is 1.